The molecule has 0 bridgehead atoms. The highest BCUT2D eigenvalue weighted by Crippen LogP contribution is 2.27. The van der Waals surface area contributed by atoms with Crippen molar-refractivity contribution in [1.29, 1.82) is 0 Å². The summed E-state index contributed by atoms with van der Waals surface area (Å²) in [6.45, 7) is 2.10. The van der Waals surface area contributed by atoms with Gasteiger partial charge in [-0.25, -0.2) is 0 Å². The van der Waals surface area contributed by atoms with Gasteiger partial charge in [0.15, 0.2) is 0 Å². The molecule has 1 aromatic carbocycles. The summed E-state index contributed by atoms with van der Waals surface area (Å²) in [5.74, 6) is -0.527. The first-order chi connectivity index (χ1) is 10.1. The van der Waals surface area contributed by atoms with Crippen molar-refractivity contribution in [2.75, 3.05) is 18.9 Å². The van der Waals surface area contributed by atoms with E-state index in [0.29, 0.717) is 12.3 Å². The number of benzene rings is 1. The number of ether oxygens (including phenoxy) is 1. The molecule has 112 valence electrons. The molecule has 21 heavy (non-hydrogen) atoms. The monoisotopic (exact) mass is 288 g/mol. The summed E-state index contributed by atoms with van der Waals surface area (Å²) in [6, 6.07) is 7.40. The van der Waals surface area contributed by atoms with Crippen molar-refractivity contribution < 1.29 is 14.3 Å². The largest absolute Gasteiger partial charge is 0.465 e. The molecule has 1 saturated carbocycles. The molecule has 1 aromatic rings. The van der Waals surface area contributed by atoms with Crippen molar-refractivity contribution in [1.82, 2.24) is 4.90 Å². The van der Waals surface area contributed by atoms with Crippen molar-refractivity contribution in [3.05, 3.63) is 35.9 Å². The van der Waals surface area contributed by atoms with E-state index in [0.717, 1.165) is 18.4 Å². The summed E-state index contributed by atoms with van der Waals surface area (Å²) >= 11 is 0. The lowest BCUT2D eigenvalue weighted by atomic mass is 10.2. The van der Waals surface area contributed by atoms with Crippen LogP contribution in [0, 0.1) is 0 Å². The van der Waals surface area contributed by atoms with Crippen LogP contribution in [-0.2, 0) is 14.3 Å². The highest BCUT2D eigenvalue weighted by atomic mass is 16.5. The van der Waals surface area contributed by atoms with E-state index in [4.69, 9.17) is 10.5 Å². The number of rotatable bonds is 6. The number of nitrogens with two attached hydrogens (primary N) is 1. The van der Waals surface area contributed by atoms with Crippen molar-refractivity contribution in [2.45, 2.75) is 25.8 Å². The van der Waals surface area contributed by atoms with E-state index in [9.17, 15) is 9.59 Å². The Balaban J connectivity index is 1.98. The first-order valence-corrected chi connectivity index (χ1v) is 7.10. The molecule has 1 fully saturated rings. The van der Waals surface area contributed by atoms with Crippen LogP contribution in [0.2, 0.25) is 0 Å². The maximum Gasteiger partial charge on any atom is 0.325 e. The van der Waals surface area contributed by atoms with Gasteiger partial charge in [0.25, 0.3) is 0 Å². The second kappa shape index (κ2) is 6.92. The van der Waals surface area contributed by atoms with E-state index in [1.54, 1.807) is 30.0 Å². The van der Waals surface area contributed by atoms with Crippen molar-refractivity contribution >= 4 is 23.6 Å². The number of hydrogen-bond donors (Lipinski definition) is 1. The van der Waals surface area contributed by atoms with Crippen LogP contribution in [0.4, 0.5) is 5.69 Å². The number of nitrogen functional groups attached to an aromatic ring is 1. The Bertz CT molecular complexity index is 533. The number of carbonyl (C=O) groups is 2. The van der Waals surface area contributed by atoms with Crippen LogP contribution in [0.25, 0.3) is 6.08 Å². The predicted molar refractivity (Wildman–Crippen MR) is 81.3 cm³/mol. The van der Waals surface area contributed by atoms with Crippen molar-refractivity contribution in [3.8, 4) is 0 Å². The van der Waals surface area contributed by atoms with Crippen LogP contribution < -0.4 is 5.73 Å². The molecule has 1 aliphatic rings. The number of hydrogen-bond acceptors (Lipinski definition) is 4. The molecule has 0 spiro atoms. The summed E-state index contributed by atoms with van der Waals surface area (Å²) in [5.41, 5.74) is 7.19. The summed E-state index contributed by atoms with van der Waals surface area (Å²) in [7, 11) is 0. The van der Waals surface area contributed by atoms with Crippen molar-refractivity contribution in [2.24, 2.45) is 0 Å². The summed E-state index contributed by atoms with van der Waals surface area (Å²) in [4.78, 5) is 25.3. The van der Waals surface area contributed by atoms with Gasteiger partial charge in [-0.05, 0) is 43.5 Å². The second-order valence-electron chi connectivity index (χ2n) is 5.00. The average Bonchev–Trinajstić information content (AvgIpc) is 3.29. The van der Waals surface area contributed by atoms with Crippen LogP contribution in [0.5, 0.6) is 0 Å². The van der Waals surface area contributed by atoms with Crippen LogP contribution >= 0.6 is 0 Å². The molecule has 1 aliphatic carbocycles. The number of carbonyl (C=O) groups excluding carboxylic acids is 2. The first kappa shape index (κ1) is 15.1. The van der Waals surface area contributed by atoms with Gasteiger partial charge in [0.05, 0.1) is 6.61 Å². The van der Waals surface area contributed by atoms with E-state index in [-0.39, 0.29) is 24.5 Å². The lowest BCUT2D eigenvalue weighted by Gasteiger charge is -2.19. The Kier molecular flexibility index (Phi) is 4.98. The smallest absolute Gasteiger partial charge is 0.325 e. The fourth-order valence-corrected chi connectivity index (χ4v) is 1.99. The third-order valence-electron chi connectivity index (χ3n) is 3.23. The SMILES string of the molecule is CCOC(=O)CN(C(=O)/C=C/c1ccc(N)cc1)C1CC1. The molecule has 2 rings (SSSR count). The molecule has 2 N–H and O–H groups in total. The lowest BCUT2D eigenvalue weighted by Crippen LogP contribution is -2.37. The van der Waals surface area contributed by atoms with Gasteiger partial charge in [-0.1, -0.05) is 12.1 Å². The Labute approximate surface area is 124 Å². The third kappa shape index (κ3) is 4.63. The van der Waals surface area contributed by atoms with E-state index in [1.165, 1.54) is 6.08 Å². The molecule has 5 heteroatoms. The molecule has 5 nitrogen and oxygen atoms in total. The lowest BCUT2D eigenvalue weighted by molar-refractivity contribution is -0.148. The zero-order valence-electron chi connectivity index (χ0n) is 12.1. The van der Waals surface area contributed by atoms with Crippen LogP contribution in [0.3, 0.4) is 0 Å². The molecule has 0 heterocycles. The van der Waals surface area contributed by atoms with E-state index in [2.05, 4.69) is 0 Å². The Hall–Kier alpha value is -2.30. The van der Waals surface area contributed by atoms with Gasteiger partial charge in [-0.15, -0.1) is 0 Å². The molecule has 0 aliphatic heterocycles. The van der Waals surface area contributed by atoms with Gasteiger partial charge in [0.1, 0.15) is 6.54 Å². The number of anilines is 1. The fourth-order valence-electron chi connectivity index (χ4n) is 1.99. The predicted octanol–water partition coefficient (Wildman–Crippen LogP) is 1.84. The number of esters is 1. The maximum atomic E-state index is 12.2. The minimum Gasteiger partial charge on any atom is -0.465 e. The Morgan fingerprint density at radius 3 is 2.57 bits per heavy atom. The van der Waals surface area contributed by atoms with E-state index < -0.39 is 0 Å². The van der Waals surface area contributed by atoms with Crippen LogP contribution in [0.15, 0.2) is 30.3 Å². The van der Waals surface area contributed by atoms with Gasteiger partial charge >= 0.3 is 5.97 Å². The number of amides is 1. The Morgan fingerprint density at radius 1 is 1.33 bits per heavy atom. The number of nitrogens with zero attached hydrogens (tertiary/aromatic N) is 1. The average molecular weight is 288 g/mol. The quantitative estimate of drug-likeness (QED) is 0.492. The first-order valence-electron chi connectivity index (χ1n) is 7.10. The maximum absolute atomic E-state index is 12.2. The molecule has 0 unspecified atom stereocenters. The Morgan fingerprint density at radius 2 is 2.00 bits per heavy atom. The molecule has 0 saturated heterocycles. The summed E-state index contributed by atoms with van der Waals surface area (Å²) in [6.07, 6.45) is 5.10. The van der Waals surface area contributed by atoms with E-state index >= 15 is 0 Å². The zero-order chi connectivity index (χ0) is 15.2. The molecule has 0 aromatic heterocycles. The molecular formula is C16H20N2O3. The standard InChI is InChI=1S/C16H20N2O3/c1-2-21-16(20)11-18(14-8-9-14)15(19)10-5-12-3-6-13(17)7-4-12/h3-7,10,14H,2,8-9,11,17H2,1H3/b10-5+. The molecule has 0 radical (unpaired) electrons. The highest BCUT2D eigenvalue weighted by molar-refractivity contribution is 5.94. The van der Waals surface area contributed by atoms with Gasteiger partial charge < -0.3 is 15.4 Å². The molecule has 1 amide bonds. The zero-order valence-corrected chi connectivity index (χ0v) is 12.1. The topological polar surface area (TPSA) is 72.6 Å². The van der Waals surface area contributed by atoms with Crippen molar-refractivity contribution in [3.63, 3.8) is 0 Å². The summed E-state index contributed by atoms with van der Waals surface area (Å²) in [5, 5.41) is 0. The normalized spacial score (nSPS) is 14.1. The third-order valence-corrected chi connectivity index (χ3v) is 3.23. The van der Waals surface area contributed by atoms with E-state index in [1.807, 2.05) is 12.1 Å². The van der Waals surface area contributed by atoms with Gasteiger partial charge in [-0.3, -0.25) is 9.59 Å². The van der Waals surface area contributed by atoms with Crippen LogP contribution in [-0.4, -0.2) is 36.0 Å². The fraction of sp³-hybridized carbons (Fsp3) is 0.375. The summed E-state index contributed by atoms with van der Waals surface area (Å²) < 4.78 is 4.91. The van der Waals surface area contributed by atoms with Crippen LogP contribution in [0.1, 0.15) is 25.3 Å². The second-order valence-corrected chi connectivity index (χ2v) is 5.00. The minimum atomic E-state index is -0.362. The van der Waals surface area contributed by atoms with Gasteiger partial charge in [0, 0.05) is 17.8 Å². The van der Waals surface area contributed by atoms with Gasteiger partial charge in [-0.2, -0.15) is 0 Å². The minimum absolute atomic E-state index is 0.0173. The van der Waals surface area contributed by atoms with Gasteiger partial charge in [0.2, 0.25) is 5.91 Å². The molecular weight excluding hydrogens is 268 g/mol. The molecule has 0 atom stereocenters. The highest BCUT2D eigenvalue weighted by Gasteiger charge is 2.33.